The van der Waals surface area contributed by atoms with Crippen molar-refractivity contribution in [3.8, 4) is 0 Å². The van der Waals surface area contributed by atoms with E-state index in [4.69, 9.17) is 45.7 Å². The van der Waals surface area contributed by atoms with Crippen LogP contribution in [0.5, 0.6) is 0 Å². The largest absolute Gasteiger partial charge is 0.726 e. The van der Waals surface area contributed by atoms with Gasteiger partial charge in [0.2, 0.25) is 43.0 Å². The van der Waals surface area contributed by atoms with E-state index in [1.807, 2.05) is 5.32 Å². The second-order valence-electron chi connectivity index (χ2n) is 15.3. The Bertz CT molecular complexity index is 2270. The summed E-state index contributed by atoms with van der Waals surface area (Å²) in [5, 5.41) is 104. The van der Waals surface area contributed by atoms with Crippen molar-refractivity contribution < 1.29 is 186 Å². The quantitative estimate of drug-likeness (QED) is 0.0111. The summed E-state index contributed by atoms with van der Waals surface area (Å²) in [6.07, 6.45) is -44.2. The summed E-state index contributed by atoms with van der Waals surface area (Å²) in [5.41, 5.74) is 0. The zero-order valence-corrected chi connectivity index (χ0v) is 42.8. The highest BCUT2D eigenvalue weighted by molar-refractivity contribution is 7.90. The molecule has 42 nitrogen and oxygen atoms in total. The number of carboxylic acid groups (broad SMARTS) is 2. The number of aliphatic carboxylic acids is 2. The molecule has 5 N–H and O–H groups in total. The van der Waals surface area contributed by atoms with E-state index in [0.717, 1.165) is 6.92 Å². The van der Waals surface area contributed by atoms with Gasteiger partial charge in [0.15, 0.2) is 55.8 Å². The summed E-state index contributed by atoms with van der Waals surface area (Å²) >= 11 is -1.29. The first-order valence-corrected chi connectivity index (χ1v) is 26.2. The third-order valence-electron chi connectivity index (χ3n) is 10.3. The summed E-state index contributed by atoms with van der Waals surface area (Å²) in [4.78, 5) is 50.4. The smallest absolute Gasteiger partial charge is 0.218 e. The third-order valence-corrected chi connectivity index (χ3v) is 12.9. The fourth-order valence-corrected chi connectivity index (χ4v) is 9.78. The second-order valence-corrected chi connectivity index (χ2v) is 19.8. The minimum Gasteiger partial charge on any atom is -0.726 e. The summed E-state index contributed by atoms with van der Waals surface area (Å²) < 4.78 is 186. The van der Waals surface area contributed by atoms with E-state index in [1.54, 1.807) is 0 Å². The zero-order chi connectivity index (χ0) is 57.7. The molecule has 0 radical (unpaired) electrons. The van der Waals surface area contributed by atoms with Gasteiger partial charge in [-0.3, -0.25) is 49.8 Å². The van der Waals surface area contributed by atoms with Crippen molar-refractivity contribution in [2.75, 3.05) is 13.2 Å². The van der Waals surface area contributed by atoms with Crippen LogP contribution in [0.1, 0.15) is 20.8 Å². The normalized spacial score (nSPS) is 36.2. The Morgan fingerprint density at radius 1 is 0.519 bits per heavy atom. The highest BCUT2D eigenvalue weighted by Crippen LogP contribution is 2.39. The predicted octanol–water partition coefficient (Wildman–Crippen LogP) is -13.0. The number of carboxylic acids is 2. The average molecular weight is 1250 g/mol. The average Bonchev–Trinajstić information content (AvgIpc) is 3.30. The van der Waals surface area contributed by atoms with Gasteiger partial charge in [-0.05, 0) is 6.92 Å². The number of aliphatic hydroxyl groups excluding tert-OH is 3. The van der Waals surface area contributed by atoms with Gasteiger partial charge in [-0.1, -0.05) is 0 Å². The number of hydrogen-bond donors (Lipinski definition) is 5. The number of ether oxygens (including phenoxy) is 7. The maximum absolute atomic E-state index is 13.1. The zero-order valence-electron chi connectivity index (χ0n) is 37.9. The van der Waals surface area contributed by atoms with Crippen LogP contribution >= 0.6 is 37.0 Å². The molecule has 4 aliphatic heterocycles. The third kappa shape index (κ3) is 20.0. The van der Waals surface area contributed by atoms with Gasteiger partial charge >= 0.3 is 0 Å². The molecule has 2 amide bonds. The Hall–Kier alpha value is -2.34. The van der Waals surface area contributed by atoms with E-state index in [2.05, 4.69) is 46.0 Å². The van der Waals surface area contributed by atoms with Crippen molar-refractivity contribution in [3.05, 3.63) is 0 Å². The molecule has 4 rings (SSSR count). The summed E-state index contributed by atoms with van der Waals surface area (Å²) in [6, 6.07) is -4.08. The van der Waals surface area contributed by atoms with Gasteiger partial charge < -0.3 is 108 Å². The van der Waals surface area contributed by atoms with Crippen LogP contribution in [0.3, 0.4) is 0 Å². The molecule has 0 aromatic carbocycles. The minimum absolute atomic E-state index is 0.315. The summed E-state index contributed by atoms with van der Waals surface area (Å²) in [7, 11) is -17.6. The number of nitrogens with one attached hydrogen (secondary N) is 2. The standard InChI is InChI=1S/C29H46N2O40S6/c1-6-11(30-7(2)32)18(16(62-72-69-66-41)9(55-6)4-53-75(44,45)46)57-29-15(36)21(64-74-71-68-43)23(24(61-29)26(39)40)60-27-12(31-8(3)33)19(17(65-77(50,51)52)10(56-27)5-54-76(47,48)49)58-28-14(35)20(63-73-70-67-42)13(34)22(59-28)25(37)38/h6,9-24,27-29,34-36,41-43H,4-5H2,1-3H3,(H,30,32)(H,31,33)(H,37,38)(H,39,40)(H,44,45,46)(H,47,48,49)(H,50,51,52)/p-8. The van der Waals surface area contributed by atoms with E-state index in [0.29, 0.717) is 6.92 Å². The first-order chi connectivity index (χ1) is 35.9. The fraction of sp³-hybridized carbons (Fsp3) is 0.862. The molecule has 48 heteroatoms. The molecule has 4 aliphatic rings. The van der Waals surface area contributed by atoms with Gasteiger partial charge in [0, 0.05) is 13.8 Å². The van der Waals surface area contributed by atoms with E-state index >= 15 is 0 Å². The Morgan fingerprint density at radius 2 is 0.935 bits per heavy atom. The van der Waals surface area contributed by atoms with Gasteiger partial charge in [0.1, 0.15) is 91.5 Å². The minimum atomic E-state index is -6.18. The van der Waals surface area contributed by atoms with Crippen molar-refractivity contribution in [1.29, 1.82) is 0 Å². The highest BCUT2D eigenvalue weighted by Gasteiger charge is 2.58. The molecule has 0 aromatic rings. The van der Waals surface area contributed by atoms with Crippen molar-refractivity contribution in [2.24, 2.45) is 0 Å². The molecule has 20 unspecified atom stereocenters. The monoisotopic (exact) mass is 1250 g/mol. The molecule has 0 bridgehead atoms. The Balaban J connectivity index is 1.89. The Labute approximate surface area is 443 Å². The van der Waals surface area contributed by atoms with Crippen LogP contribution < -0.4 is 36.6 Å². The lowest BCUT2D eigenvalue weighted by atomic mass is 9.92. The van der Waals surface area contributed by atoms with Crippen LogP contribution in [0.4, 0.5) is 0 Å². The lowest BCUT2D eigenvalue weighted by molar-refractivity contribution is -0.778. The van der Waals surface area contributed by atoms with Crippen molar-refractivity contribution in [1.82, 2.24) is 10.6 Å². The second kappa shape index (κ2) is 30.1. The number of rotatable bonds is 30. The van der Waals surface area contributed by atoms with Gasteiger partial charge in [-0.2, -0.15) is 0 Å². The number of hydrogen-bond acceptors (Lipinski definition) is 43. The molecule has 0 aliphatic carbocycles. The summed E-state index contributed by atoms with van der Waals surface area (Å²) in [6.45, 7) is -0.200. The van der Waals surface area contributed by atoms with Gasteiger partial charge in [-0.25, -0.2) is 25.3 Å². The van der Waals surface area contributed by atoms with Crippen LogP contribution in [0.15, 0.2) is 0 Å². The lowest BCUT2D eigenvalue weighted by Crippen LogP contribution is -2.71. The van der Waals surface area contributed by atoms with Gasteiger partial charge in [0.25, 0.3) is 0 Å². The van der Waals surface area contributed by atoms with Crippen molar-refractivity contribution in [3.63, 3.8) is 0 Å². The molecular formula is C29H38N2O40S6-8. The first kappa shape index (κ1) is 67.2. The molecule has 77 heavy (non-hydrogen) atoms. The molecular weight excluding hydrogens is 1210 g/mol. The Morgan fingerprint density at radius 3 is 1.39 bits per heavy atom. The predicted molar refractivity (Wildman–Crippen MR) is 208 cm³/mol. The molecule has 4 saturated heterocycles. The van der Waals surface area contributed by atoms with Crippen molar-refractivity contribution >= 4 is 91.9 Å². The molecule has 4 heterocycles. The summed E-state index contributed by atoms with van der Waals surface area (Å²) in [5.74, 6) is -6.91. The van der Waals surface area contributed by atoms with E-state index in [-0.39, 0.29) is 12.3 Å². The topological polar surface area (TPSA) is 615 Å². The van der Waals surface area contributed by atoms with Crippen LogP contribution in [0.2, 0.25) is 0 Å². The SMILES string of the molecule is CC(=O)NC1C(C)OC(COS(=O)(=O)[O-])C(OSOO[O-])C1OC1OC(C(=O)[O-])C(OC2OC(COS(=O)(=O)[O-])C(OS(=O)(=O)[O-])C(OC3OC(C(=O)[O-])C(O)C(OSOO[O-])C3O)C2NC(C)=O)C(OSOO[O-])C1O. The van der Waals surface area contributed by atoms with Crippen LogP contribution in [0, 0.1) is 0 Å². The molecule has 4 fully saturated rings. The highest BCUT2D eigenvalue weighted by atomic mass is 32.3. The molecule has 0 spiro atoms. The molecule has 0 saturated carbocycles. The van der Waals surface area contributed by atoms with E-state index in [1.165, 1.54) is 6.92 Å². The van der Waals surface area contributed by atoms with Crippen molar-refractivity contribution in [2.45, 2.75) is 143 Å². The lowest BCUT2D eigenvalue weighted by Gasteiger charge is -2.51. The first-order valence-electron chi connectivity index (χ1n) is 20.2. The van der Waals surface area contributed by atoms with Gasteiger partial charge in [0.05, 0.1) is 37.3 Å². The molecule has 20 atom stereocenters. The number of amides is 2. The Kier molecular flexibility index (Phi) is 26.3. The van der Waals surface area contributed by atoms with Crippen LogP contribution in [-0.4, -0.2) is 214 Å². The maximum Gasteiger partial charge on any atom is 0.218 e. The fourth-order valence-electron chi connectivity index (χ4n) is 7.55. The number of carbonyl (C=O) groups is 4. The molecule has 448 valence electrons. The molecule has 0 aromatic heterocycles. The number of carbonyl (C=O) groups excluding carboxylic acids is 4. The van der Waals surface area contributed by atoms with Gasteiger partial charge in [-0.15, -0.1) is 13.0 Å². The maximum atomic E-state index is 13.1. The van der Waals surface area contributed by atoms with Crippen LogP contribution in [-0.2, 0) is 137 Å². The van der Waals surface area contributed by atoms with E-state index in [9.17, 15) is 99.4 Å². The van der Waals surface area contributed by atoms with E-state index < -0.39 is 215 Å². The number of aliphatic hydroxyl groups is 3. The van der Waals surface area contributed by atoms with Crippen LogP contribution in [0.25, 0.3) is 0 Å².